The Labute approximate surface area is 158 Å². The number of rotatable bonds is 7. The lowest BCUT2D eigenvalue weighted by atomic mass is 10.3. The lowest BCUT2D eigenvalue weighted by molar-refractivity contribution is -0.116. The van der Waals surface area contributed by atoms with Crippen LogP contribution in [0.4, 0.5) is 15.8 Å². The summed E-state index contributed by atoms with van der Waals surface area (Å²) in [5.74, 6) is -0.685. The molecule has 132 valence electrons. The van der Waals surface area contributed by atoms with Crippen LogP contribution in [0.5, 0.6) is 0 Å². The average molecular weight is 425 g/mol. The number of benzene rings is 2. The fraction of sp³-hybridized carbons (Fsp3) is 0.222. The molecule has 0 fully saturated rings. The van der Waals surface area contributed by atoms with Crippen molar-refractivity contribution in [3.05, 3.63) is 52.8 Å². The monoisotopic (exact) mass is 424 g/mol. The number of anilines is 2. The summed E-state index contributed by atoms with van der Waals surface area (Å²) in [5, 5.41) is 5.36. The van der Waals surface area contributed by atoms with E-state index in [0.717, 1.165) is 11.3 Å². The van der Waals surface area contributed by atoms with E-state index in [1.54, 1.807) is 12.1 Å². The maximum atomic E-state index is 13.7. The summed E-state index contributed by atoms with van der Waals surface area (Å²) in [4.78, 5) is 24.5. The minimum Gasteiger partial charge on any atom is -0.326 e. The topological polar surface area (TPSA) is 58.2 Å². The van der Waals surface area contributed by atoms with E-state index < -0.39 is 5.82 Å². The van der Waals surface area contributed by atoms with Crippen LogP contribution >= 0.6 is 27.7 Å². The molecule has 0 radical (unpaired) electrons. The van der Waals surface area contributed by atoms with Gasteiger partial charge in [-0.25, -0.2) is 4.39 Å². The number of hydrogen-bond acceptors (Lipinski definition) is 3. The average Bonchev–Trinajstić information content (AvgIpc) is 2.56. The molecule has 25 heavy (non-hydrogen) atoms. The van der Waals surface area contributed by atoms with Crippen molar-refractivity contribution in [3.63, 3.8) is 0 Å². The van der Waals surface area contributed by atoms with E-state index in [2.05, 4.69) is 26.6 Å². The van der Waals surface area contributed by atoms with E-state index in [9.17, 15) is 14.0 Å². The third kappa shape index (κ3) is 6.51. The van der Waals surface area contributed by atoms with Gasteiger partial charge in [0.2, 0.25) is 11.8 Å². The van der Waals surface area contributed by atoms with Crippen LogP contribution in [0.25, 0.3) is 0 Å². The maximum Gasteiger partial charge on any atom is 0.234 e. The third-order valence-electron chi connectivity index (χ3n) is 3.17. The fourth-order valence-corrected chi connectivity index (χ4v) is 3.13. The Bertz CT molecular complexity index is 770. The van der Waals surface area contributed by atoms with Crippen molar-refractivity contribution >= 4 is 50.9 Å². The van der Waals surface area contributed by atoms with Crippen molar-refractivity contribution in [2.45, 2.75) is 24.7 Å². The van der Waals surface area contributed by atoms with Crippen LogP contribution in [-0.4, -0.2) is 17.6 Å². The summed E-state index contributed by atoms with van der Waals surface area (Å²) in [7, 11) is 0. The highest BCUT2D eigenvalue weighted by Gasteiger charge is 2.09. The summed E-state index contributed by atoms with van der Waals surface area (Å²) >= 11 is 4.49. The van der Waals surface area contributed by atoms with Gasteiger partial charge in [-0.3, -0.25) is 9.59 Å². The lowest BCUT2D eigenvalue weighted by Crippen LogP contribution is -2.15. The van der Waals surface area contributed by atoms with Gasteiger partial charge in [0, 0.05) is 21.5 Å². The highest BCUT2D eigenvalue weighted by atomic mass is 79.9. The Hall–Kier alpha value is -1.86. The quantitative estimate of drug-likeness (QED) is 0.610. The first-order valence-electron chi connectivity index (χ1n) is 7.75. The lowest BCUT2D eigenvalue weighted by Gasteiger charge is -2.08. The van der Waals surface area contributed by atoms with Crippen LogP contribution < -0.4 is 10.6 Å². The molecule has 0 aliphatic carbocycles. The first kappa shape index (κ1) is 19.5. The van der Waals surface area contributed by atoms with Gasteiger partial charge < -0.3 is 10.6 Å². The molecule has 0 heterocycles. The van der Waals surface area contributed by atoms with Crippen LogP contribution in [0.15, 0.2) is 51.8 Å². The molecule has 2 N–H and O–H groups in total. The standard InChI is InChI=1S/C18H18BrFN2O2S/c1-2-4-17(23)21-13-5-3-6-14(10-13)25-11-18(24)22-16-8-7-12(19)9-15(16)20/h3,5-10H,2,4,11H2,1H3,(H,21,23)(H,22,24). The molecule has 0 saturated carbocycles. The molecule has 0 saturated heterocycles. The van der Waals surface area contributed by atoms with Crippen molar-refractivity contribution in [1.29, 1.82) is 0 Å². The largest absolute Gasteiger partial charge is 0.326 e. The first-order valence-corrected chi connectivity index (χ1v) is 9.53. The summed E-state index contributed by atoms with van der Waals surface area (Å²) in [5.41, 5.74) is 0.845. The molecule has 7 heteroatoms. The van der Waals surface area contributed by atoms with Crippen molar-refractivity contribution in [2.75, 3.05) is 16.4 Å². The SMILES string of the molecule is CCCC(=O)Nc1cccc(SCC(=O)Nc2ccc(Br)cc2F)c1. The summed E-state index contributed by atoms with van der Waals surface area (Å²) in [6.45, 7) is 1.94. The zero-order valence-electron chi connectivity index (χ0n) is 13.6. The van der Waals surface area contributed by atoms with Gasteiger partial charge in [-0.1, -0.05) is 28.9 Å². The van der Waals surface area contributed by atoms with Gasteiger partial charge in [0.25, 0.3) is 0 Å². The van der Waals surface area contributed by atoms with Crippen molar-refractivity contribution in [3.8, 4) is 0 Å². The number of carbonyl (C=O) groups is 2. The predicted octanol–water partition coefficient (Wildman–Crippen LogP) is 5.06. The van der Waals surface area contributed by atoms with Crippen LogP contribution in [0.3, 0.4) is 0 Å². The van der Waals surface area contributed by atoms with E-state index >= 15 is 0 Å². The van der Waals surface area contributed by atoms with Crippen LogP contribution in [-0.2, 0) is 9.59 Å². The second-order valence-electron chi connectivity index (χ2n) is 5.29. The molecule has 2 rings (SSSR count). The Morgan fingerprint density at radius 2 is 1.92 bits per heavy atom. The van der Waals surface area contributed by atoms with Crippen LogP contribution in [0, 0.1) is 5.82 Å². The number of carbonyl (C=O) groups excluding carboxylic acids is 2. The predicted molar refractivity (Wildman–Crippen MR) is 103 cm³/mol. The number of halogens is 2. The molecule has 0 bridgehead atoms. The number of hydrogen-bond donors (Lipinski definition) is 2. The summed E-state index contributed by atoms with van der Waals surface area (Å²) in [6, 6.07) is 11.7. The Balaban J connectivity index is 1.90. The highest BCUT2D eigenvalue weighted by Crippen LogP contribution is 2.23. The van der Waals surface area contributed by atoms with E-state index in [0.29, 0.717) is 16.6 Å². The minimum absolute atomic E-state index is 0.0342. The zero-order chi connectivity index (χ0) is 18.2. The second kappa shape index (κ2) is 9.58. The van der Waals surface area contributed by atoms with Crippen molar-refractivity contribution in [2.24, 2.45) is 0 Å². The normalized spacial score (nSPS) is 10.4. The minimum atomic E-state index is -0.492. The Morgan fingerprint density at radius 1 is 1.12 bits per heavy atom. The van der Waals surface area contributed by atoms with E-state index in [1.165, 1.54) is 23.9 Å². The third-order valence-corrected chi connectivity index (χ3v) is 4.66. The second-order valence-corrected chi connectivity index (χ2v) is 7.25. The first-order chi connectivity index (χ1) is 12.0. The molecule has 2 aromatic carbocycles. The molecular formula is C18H18BrFN2O2S. The van der Waals surface area contributed by atoms with Gasteiger partial charge in [-0.2, -0.15) is 0 Å². The Kier molecular flexibility index (Phi) is 7.46. The molecule has 0 unspecified atom stereocenters. The molecule has 2 aromatic rings. The van der Waals surface area contributed by atoms with Crippen molar-refractivity contribution in [1.82, 2.24) is 0 Å². The molecule has 0 spiro atoms. The van der Waals surface area contributed by atoms with Gasteiger partial charge in [-0.15, -0.1) is 11.8 Å². The number of thioether (sulfide) groups is 1. The molecular weight excluding hydrogens is 407 g/mol. The molecule has 2 amide bonds. The Morgan fingerprint density at radius 3 is 2.64 bits per heavy atom. The van der Waals surface area contributed by atoms with Crippen LogP contribution in [0.1, 0.15) is 19.8 Å². The van der Waals surface area contributed by atoms with Crippen LogP contribution in [0.2, 0.25) is 0 Å². The summed E-state index contributed by atoms with van der Waals surface area (Å²) < 4.78 is 14.3. The highest BCUT2D eigenvalue weighted by molar-refractivity contribution is 9.10. The van der Waals surface area contributed by atoms with Crippen molar-refractivity contribution < 1.29 is 14.0 Å². The molecule has 0 atom stereocenters. The van der Waals surface area contributed by atoms with Gasteiger partial charge in [0.05, 0.1) is 11.4 Å². The fourth-order valence-electron chi connectivity index (χ4n) is 2.04. The van der Waals surface area contributed by atoms with Gasteiger partial charge in [0.1, 0.15) is 5.82 Å². The maximum absolute atomic E-state index is 13.7. The molecule has 0 aliphatic rings. The van der Waals surface area contributed by atoms with E-state index in [4.69, 9.17) is 0 Å². The smallest absolute Gasteiger partial charge is 0.234 e. The zero-order valence-corrected chi connectivity index (χ0v) is 16.0. The van der Waals surface area contributed by atoms with Gasteiger partial charge in [0.15, 0.2) is 0 Å². The van der Waals surface area contributed by atoms with E-state index in [-0.39, 0.29) is 23.3 Å². The van der Waals surface area contributed by atoms with E-state index in [1.807, 2.05) is 25.1 Å². The number of nitrogens with one attached hydrogen (secondary N) is 2. The van der Waals surface area contributed by atoms with Gasteiger partial charge in [-0.05, 0) is 42.8 Å². The number of amides is 2. The molecule has 4 nitrogen and oxygen atoms in total. The summed E-state index contributed by atoms with van der Waals surface area (Å²) in [6.07, 6.45) is 1.26. The van der Waals surface area contributed by atoms with Gasteiger partial charge >= 0.3 is 0 Å². The molecule has 0 aliphatic heterocycles. The molecule has 0 aromatic heterocycles.